The molecule has 6 nitrogen and oxygen atoms in total. The molecule has 316 valence electrons. The number of carbonyl (C=O) groups is 2. The van der Waals surface area contributed by atoms with Crippen LogP contribution < -0.4 is 9.80 Å². The largest absolute Gasteiger partial charge is 0.430 e. The van der Waals surface area contributed by atoms with E-state index in [2.05, 4.69) is 0 Å². The fourth-order valence-electron chi connectivity index (χ4n) is 6.82. The van der Waals surface area contributed by atoms with E-state index in [1.165, 1.54) is 13.0 Å². The molecule has 4 aromatic carbocycles. The van der Waals surface area contributed by atoms with Crippen LogP contribution in [-0.4, -0.2) is 60.1 Å². The first-order valence-corrected chi connectivity index (χ1v) is 17.6. The van der Waals surface area contributed by atoms with Crippen molar-refractivity contribution in [2.75, 3.05) is 22.9 Å². The van der Waals surface area contributed by atoms with Crippen molar-refractivity contribution in [3.05, 3.63) is 136 Å². The number of halogens is 12. The van der Waals surface area contributed by atoms with Gasteiger partial charge >= 0.3 is 24.7 Å². The predicted octanol–water partition coefficient (Wildman–Crippen LogP) is 9.54. The van der Waals surface area contributed by atoms with E-state index >= 15 is 0 Å². The Hall–Kier alpha value is -5.36. The van der Waals surface area contributed by atoms with Crippen LogP contribution in [-0.2, 0) is 41.9 Å². The molecule has 2 N–H and O–H groups in total. The smallest absolute Gasteiger partial charge is 0.369 e. The lowest BCUT2D eigenvalue weighted by Gasteiger charge is -2.32. The molecule has 0 bridgehead atoms. The number of fused-ring (bicyclic) bond motifs is 2. The fraction of sp³-hybridized carbons (Fsp3) is 0.317. The van der Waals surface area contributed by atoms with Crippen molar-refractivity contribution in [2.24, 2.45) is 0 Å². The quantitative estimate of drug-likeness (QED) is 0.0993. The van der Waals surface area contributed by atoms with Crippen molar-refractivity contribution in [3.8, 4) is 0 Å². The standard InChI is InChI=1S/C22H19F6NO2.C19H15F6NO2/c1-14(30)2-3-15-6-9-19-17(12-15)10-11-29(19)13-16-4-7-18(8-5-16)20(31,21(23,24)25)22(26,27)28;20-18(21,22)17(28,19(23,24)25)15-4-1-12(2-5-15)10-26-8-7-14-9-13(11-27)3-6-16(14)26/h2-9,12,31H,10-11,13H2,1H3;1-6,9,11,28H,7-8,10H2/b3-2+;. The first-order valence-electron chi connectivity index (χ1n) is 17.6. The van der Waals surface area contributed by atoms with Crippen LogP contribution in [0.25, 0.3) is 6.08 Å². The molecule has 18 heteroatoms. The first kappa shape index (κ1) is 44.7. The van der Waals surface area contributed by atoms with Gasteiger partial charge in [0.1, 0.15) is 6.29 Å². The minimum absolute atomic E-state index is 0.0754. The van der Waals surface area contributed by atoms with Crippen LogP contribution in [0.4, 0.5) is 64.1 Å². The molecule has 0 unspecified atom stereocenters. The molecule has 0 radical (unpaired) electrons. The van der Waals surface area contributed by atoms with Crippen LogP contribution in [0.15, 0.2) is 91.0 Å². The summed E-state index contributed by atoms with van der Waals surface area (Å²) in [5.41, 5.74) is -6.28. The van der Waals surface area contributed by atoms with Crippen molar-refractivity contribution in [3.63, 3.8) is 0 Å². The number of alkyl halides is 12. The topological polar surface area (TPSA) is 81.1 Å². The highest BCUT2D eigenvalue weighted by atomic mass is 19.4. The Balaban J connectivity index is 0.000000225. The molecular weight excluding hydrogens is 812 g/mol. The predicted molar refractivity (Wildman–Crippen MR) is 192 cm³/mol. The van der Waals surface area contributed by atoms with Crippen molar-refractivity contribution in [1.82, 2.24) is 0 Å². The van der Waals surface area contributed by atoms with Crippen LogP contribution in [0.5, 0.6) is 0 Å². The van der Waals surface area contributed by atoms with Gasteiger partial charge in [-0.2, -0.15) is 52.7 Å². The molecule has 2 aliphatic rings. The number of allylic oxidation sites excluding steroid dienone is 1. The van der Waals surface area contributed by atoms with Gasteiger partial charge in [-0.25, -0.2) is 0 Å². The summed E-state index contributed by atoms with van der Waals surface area (Å²) in [7, 11) is 0. The minimum Gasteiger partial charge on any atom is -0.369 e. The Morgan fingerprint density at radius 1 is 0.576 bits per heavy atom. The second kappa shape index (κ2) is 16.4. The molecule has 0 aliphatic carbocycles. The Morgan fingerprint density at radius 2 is 0.932 bits per heavy atom. The van der Waals surface area contributed by atoms with E-state index in [4.69, 9.17) is 0 Å². The minimum atomic E-state index is -5.91. The van der Waals surface area contributed by atoms with Gasteiger partial charge in [0, 0.05) is 54.2 Å². The number of carbonyl (C=O) groups excluding carboxylic acids is 2. The lowest BCUT2D eigenvalue weighted by Crippen LogP contribution is -2.53. The first-order chi connectivity index (χ1) is 27.3. The second-order valence-corrected chi connectivity index (χ2v) is 14.0. The van der Waals surface area contributed by atoms with E-state index in [0.29, 0.717) is 60.5 Å². The maximum atomic E-state index is 13.0. The zero-order valence-corrected chi connectivity index (χ0v) is 30.7. The Labute approximate surface area is 329 Å². The molecule has 59 heavy (non-hydrogen) atoms. The third-order valence-electron chi connectivity index (χ3n) is 9.97. The van der Waals surface area contributed by atoms with Gasteiger partial charge < -0.3 is 20.0 Å². The number of aldehydes is 1. The molecule has 0 fully saturated rings. The normalized spacial score (nSPS) is 14.9. The summed E-state index contributed by atoms with van der Waals surface area (Å²) in [5, 5.41) is 18.9. The zero-order chi connectivity index (χ0) is 43.8. The maximum Gasteiger partial charge on any atom is 0.430 e. The van der Waals surface area contributed by atoms with Gasteiger partial charge in [-0.15, -0.1) is 0 Å². The maximum absolute atomic E-state index is 13.0. The molecule has 4 aromatic rings. The third kappa shape index (κ3) is 9.12. The molecule has 0 spiro atoms. The molecule has 0 saturated heterocycles. The molecular formula is C41H34F12N2O4. The van der Waals surface area contributed by atoms with Crippen LogP contribution in [0.3, 0.4) is 0 Å². The molecule has 6 rings (SSSR count). The third-order valence-corrected chi connectivity index (χ3v) is 9.97. The molecule has 0 atom stereocenters. The number of hydrogen-bond donors (Lipinski definition) is 2. The number of aliphatic hydroxyl groups is 2. The van der Waals surface area contributed by atoms with Gasteiger partial charge in [-0.3, -0.25) is 9.59 Å². The lowest BCUT2D eigenvalue weighted by atomic mass is 9.91. The van der Waals surface area contributed by atoms with Crippen LogP contribution in [0.2, 0.25) is 0 Å². The molecule has 2 heterocycles. The van der Waals surface area contributed by atoms with E-state index < -0.39 is 47.0 Å². The Morgan fingerprint density at radius 3 is 1.27 bits per heavy atom. The van der Waals surface area contributed by atoms with Crippen molar-refractivity contribution >= 4 is 29.5 Å². The van der Waals surface area contributed by atoms with Crippen molar-refractivity contribution in [2.45, 2.75) is 68.8 Å². The molecule has 2 aliphatic heterocycles. The molecule has 0 amide bonds. The van der Waals surface area contributed by atoms with Gasteiger partial charge in [0.2, 0.25) is 0 Å². The van der Waals surface area contributed by atoms with Gasteiger partial charge in [-0.05, 0) is 84.0 Å². The number of anilines is 2. The highest BCUT2D eigenvalue weighted by Gasteiger charge is 2.72. The molecule has 0 aromatic heterocycles. The van der Waals surface area contributed by atoms with E-state index in [0.717, 1.165) is 65.0 Å². The van der Waals surface area contributed by atoms with Crippen molar-refractivity contribution < 1.29 is 72.5 Å². The summed E-state index contributed by atoms with van der Waals surface area (Å²) in [6, 6.07) is 17.9. The van der Waals surface area contributed by atoms with Crippen LogP contribution in [0, 0.1) is 0 Å². The SMILES string of the molecule is CC(=O)/C=C/c1ccc2c(c1)CCN2Cc1ccc(C(O)(C(F)(F)F)C(F)(F)F)cc1.O=Cc1ccc2c(c1)CCN2Cc1ccc(C(O)(C(F)(F)F)C(F)(F)F)cc1. The summed E-state index contributed by atoms with van der Waals surface area (Å²) in [4.78, 5) is 25.8. The number of benzene rings is 4. The van der Waals surface area contributed by atoms with Crippen LogP contribution in [0.1, 0.15) is 56.2 Å². The van der Waals surface area contributed by atoms with Gasteiger partial charge in [0.25, 0.3) is 11.2 Å². The van der Waals surface area contributed by atoms with E-state index in [9.17, 15) is 72.5 Å². The van der Waals surface area contributed by atoms with E-state index in [1.54, 1.807) is 24.3 Å². The number of rotatable bonds is 9. The van der Waals surface area contributed by atoms with Gasteiger partial charge in [0.15, 0.2) is 5.78 Å². The number of ketones is 1. The van der Waals surface area contributed by atoms with Crippen LogP contribution >= 0.6 is 0 Å². The molecule has 0 saturated carbocycles. The van der Waals surface area contributed by atoms with Gasteiger partial charge in [0.05, 0.1) is 0 Å². The summed E-state index contributed by atoms with van der Waals surface area (Å²) in [6.07, 6.45) is -18.3. The summed E-state index contributed by atoms with van der Waals surface area (Å²) < 4.78 is 156. The van der Waals surface area contributed by atoms with E-state index in [1.807, 2.05) is 28.0 Å². The monoisotopic (exact) mass is 846 g/mol. The number of hydrogen-bond acceptors (Lipinski definition) is 6. The highest BCUT2D eigenvalue weighted by molar-refractivity contribution is 5.91. The summed E-state index contributed by atoms with van der Waals surface area (Å²) >= 11 is 0. The number of nitrogens with zero attached hydrogens (tertiary/aromatic N) is 2. The van der Waals surface area contributed by atoms with Gasteiger partial charge in [-0.1, -0.05) is 60.7 Å². The average Bonchev–Trinajstić information content (AvgIpc) is 3.75. The fourth-order valence-corrected chi connectivity index (χ4v) is 6.82. The Kier molecular flexibility index (Phi) is 12.4. The highest BCUT2D eigenvalue weighted by Crippen LogP contribution is 2.51. The summed E-state index contributed by atoms with van der Waals surface area (Å²) in [6.45, 7) is 3.23. The zero-order valence-electron chi connectivity index (χ0n) is 30.7. The van der Waals surface area contributed by atoms with Crippen molar-refractivity contribution in [1.29, 1.82) is 0 Å². The lowest BCUT2D eigenvalue weighted by molar-refractivity contribution is -0.376. The average molecular weight is 847 g/mol. The van der Waals surface area contributed by atoms with E-state index in [-0.39, 0.29) is 18.9 Å². The Bertz CT molecular complexity index is 2150. The second-order valence-electron chi connectivity index (χ2n) is 14.0. The summed E-state index contributed by atoms with van der Waals surface area (Å²) in [5.74, 6) is -0.0754.